The van der Waals surface area contributed by atoms with Gasteiger partial charge in [0.15, 0.2) is 0 Å². The van der Waals surface area contributed by atoms with Gasteiger partial charge in [-0.25, -0.2) is 0 Å². The van der Waals surface area contributed by atoms with Crippen LogP contribution in [0.4, 0.5) is 5.69 Å². The first-order chi connectivity index (χ1) is 7.74. The average molecular weight is 270 g/mol. The minimum absolute atomic E-state index is 0. The van der Waals surface area contributed by atoms with Crippen LogP contribution in [-0.2, 0) is 6.42 Å². The maximum Gasteiger partial charge on any atom is 0.0775 e. The third-order valence-electron chi connectivity index (χ3n) is 3.09. The molecule has 5 heteroatoms. The van der Waals surface area contributed by atoms with E-state index in [1.54, 1.807) is 6.20 Å². The Morgan fingerprint density at radius 3 is 2.94 bits per heavy atom. The smallest absolute Gasteiger partial charge is 0.0775 e. The van der Waals surface area contributed by atoms with E-state index in [1.807, 2.05) is 23.0 Å². The summed E-state index contributed by atoms with van der Waals surface area (Å²) in [7, 11) is 0. The topological polar surface area (TPSA) is 43.8 Å². The van der Waals surface area contributed by atoms with Crippen molar-refractivity contribution in [3.05, 3.63) is 46.7 Å². The van der Waals surface area contributed by atoms with E-state index in [-0.39, 0.29) is 12.4 Å². The lowest BCUT2D eigenvalue weighted by Gasteiger charge is -2.11. The van der Waals surface area contributed by atoms with Crippen molar-refractivity contribution in [2.75, 3.05) is 5.73 Å². The molecule has 1 aliphatic rings. The van der Waals surface area contributed by atoms with Crippen LogP contribution in [0.1, 0.15) is 23.6 Å². The second-order valence-corrected chi connectivity index (χ2v) is 4.59. The summed E-state index contributed by atoms with van der Waals surface area (Å²) in [5, 5.41) is 5.08. The van der Waals surface area contributed by atoms with Crippen LogP contribution in [0.25, 0.3) is 0 Å². The van der Waals surface area contributed by atoms with Crippen LogP contribution < -0.4 is 5.73 Å². The number of anilines is 1. The van der Waals surface area contributed by atoms with Crippen LogP contribution in [-0.4, -0.2) is 9.78 Å². The summed E-state index contributed by atoms with van der Waals surface area (Å²) in [6.45, 7) is 0. The highest BCUT2D eigenvalue weighted by atomic mass is 35.5. The molecule has 0 spiro atoms. The van der Waals surface area contributed by atoms with Crippen molar-refractivity contribution < 1.29 is 0 Å². The number of hydrogen-bond donors (Lipinski definition) is 1. The van der Waals surface area contributed by atoms with Gasteiger partial charge in [0.2, 0.25) is 0 Å². The van der Waals surface area contributed by atoms with Crippen molar-refractivity contribution in [1.82, 2.24) is 9.78 Å². The lowest BCUT2D eigenvalue weighted by atomic mass is 10.1. The summed E-state index contributed by atoms with van der Waals surface area (Å²) in [6, 6.07) is 6.38. The molecule has 0 amide bonds. The number of nitrogens with zero attached hydrogens (tertiary/aromatic N) is 2. The van der Waals surface area contributed by atoms with Gasteiger partial charge in [-0.1, -0.05) is 17.7 Å². The predicted molar refractivity (Wildman–Crippen MR) is 71.8 cm³/mol. The molecule has 0 saturated heterocycles. The molecule has 3 nitrogen and oxygen atoms in total. The standard InChI is InChI=1S/C12H12ClN3.ClH/c13-9-2-3-11-8(5-9)1-4-12(11)16-7-10(14)6-15-16;/h2-3,5-7,12H,1,4,14H2;1H. The first kappa shape index (κ1) is 12.3. The zero-order chi connectivity index (χ0) is 11.1. The normalized spacial score (nSPS) is 17.6. The molecule has 3 rings (SSSR count). The van der Waals surface area contributed by atoms with Gasteiger partial charge in [-0.2, -0.15) is 5.10 Å². The van der Waals surface area contributed by atoms with E-state index in [0.717, 1.165) is 17.9 Å². The largest absolute Gasteiger partial charge is 0.396 e. The minimum atomic E-state index is 0. The molecule has 0 saturated carbocycles. The Hall–Kier alpha value is -1.19. The molecule has 0 fully saturated rings. The Morgan fingerprint density at radius 2 is 2.24 bits per heavy atom. The van der Waals surface area contributed by atoms with Gasteiger partial charge in [0.25, 0.3) is 0 Å². The maximum atomic E-state index is 5.98. The van der Waals surface area contributed by atoms with E-state index in [1.165, 1.54) is 11.1 Å². The molecule has 1 aromatic carbocycles. The van der Waals surface area contributed by atoms with Crippen LogP contribution in [0.3, 0.4) is 0 Å². The second-order valence-electron chi connectivity index (χ2n) is 4.15. The lowest BCUT2D eigenvalue weighted by molar-refractivity contribution is 0.520. The van der Waals surface area contributed by atoms with Crippen molar-refractivity contribution in [3.63, 3.8) is 0 Å². The zero-order valence-corrected chi connectivity index (χ0v) is 10.7. The Balaban J connectivity index is 0.00000108. The summed E-state index contributed by atoms with van der Waals surface area (Å²) >= 11 is 5.98. The number of rotatable bonds is 1. The Morgan fingerprint density at radius 1 is 1.41 bits per heavy atom. The Bertz CT molecular complexity index is 536. The summed E-state index contributed by atoms with van der Waals surface area (Å²) in [5.41, 5.74) is 9.03. The van der Waals surface area contributed by atoms with E-state index < -0.39 is 0 Å². The monoisotopic (exact) mass is 269 g/mol. The number of halogens is 2. The molecule has 1 aromatic heterocycles. The van der Waals surface area contributed by atoms with Crippen molar-refractivity contribution in [3.8, 4) is 0 Å². The molecule has 0 radical (unpaired) electrons. The SMILES string of the molecule is Cl.Nc1cnn(C2CCc3cc(Cl)ccc32)c1. The van der Waals surface area contributed by atoms with Crippen LogP contribution in [0.2, 0.25) is 5.02 Å². The predicted octanol–water partition coefficient (Wildman–Crippen LogP) is 3.08. The van der Waals surface area contributed by atoms with Crippen LogP contribution in [0.5, 0.6) is 0 Å². The van der Waals surface area contributed by atoms with Gasteiger partial charge in [0.05, 0.1) is 17.9 Å². The van der Waals surface area contributed by atoms with Crippen LogP contribution in [0, 0.1) is 0 Å². The number of fused-ring (bicyclic) bond motifs is 1. The highest BCUT2D eigenvalue weighted by Crippen LogP contribution is 2.35. The molecule has 1 aliphatic carbocycles. The summed E-state index contributed by atoms with van der Waals surface area (Å²) in [6.07, 6.45) is 5.69. The van der Waals surface area contributed by atoms with Crippen molar-refractivity contribution in [2.45, 2.75) is 18.9 Å². The second kappa shape index (κ2) is 4.59. The molecule has 1 unspecified atom stereocenters. The molecule has 0 bridgehead atoms. The molecule has 17 heavy (non-hydrogen) atoms. The summed E-state index contributed by atoms with van der Waals surface area (Å²) in [5.74, 6) is 0. The summed E-state index contributed by atoms with van der Waals surface area (Å²) in [4.78, 5) is 0. The van der Waals surface area contributed by atoms with Crippen molar-refractivity contribution in [1.29, 1.82) is 0 Å². The van der Waals surface area contributed by atoms with E-state index >= 15 is 0 Å². The average Bonchev–Trinajstić information content (AvgIpc) is 2.83. The van der Waals surface area contributed by atoms with Gasteiger partial charge in [-0.05, 0) is 36.1 Å². The molecule has 2 N–H and O–H groups in total. The van der Waals surface area contributed by atoms with Crippen LogP contribution >= 0.6 is 24.0 Å². The van der Waals surface area contributed by atoms with Gasteiger partial charge < -0.3 is 5.73 Å². The molecule has 1 heterocycles. The van der Waals surface area contributed by atoms with Crippen molar-refractivity contribution >= 4 is 29.7 Å². The number of nitrogens with two attached hydrogens (primary N) is 1. The van der Waals surface area contributed by atoms with Gasteiger partial charge in [-0.15, -0.1) is 12.4 Å². The van der Waals surface area contributed by atoms with E-state index in [4.69, 9.17) is 17.3 Å². The summed E-state index contributed by atoms with van der Waals surface area (Å²) < 4.78 is 1.94. The minimum Gasteiger partial charge on any atom is -0.396 e. The molecular formula is C12H13Cl2N3. The van der Waals surface area contributed by atoms with Gasteiger partial charge in [0.1, 0.15) is 0 Å². The number of benzene rings is 1. The fourth-order valence-electron chi connectivity index (χ4n) is 2.36. The molecule has 2 aromatic rings. The fraction of sp³-hybridized carbons (Fsp3) is 0.250. The third-order valence-corrected chi connectivity index (χ3v) is 3.33. The number of hydrogen-bond acceptors (Lipinski definition) is 2. The number of aryl methyl sites for hydroxylation is 1. The van der Waals surface area contributed by atoms with E-state index in [9.17, 15) is 0 Å². The van der Waals surface area contributed by atoms with Gasteiger partial charge in [0, 0.05) is 11.2 Å². The quantitative estimate of drug-likeness (QED) is 0.865. The van der Waals surface area contributed by atoms with E-state index in [0.29, 0.717) is 11.7 Å². The molecule has 1 atom stereocenters. The first-order valence-electron chi connectivity index (χ1n) is 5.32. The number of aromatic nitrogens is 2. The molecule has 0 aliphatic heterocycles. The Labute approximate surface area is 111 Å². The number of nitrogen functional groups attached to an aromatic ring is 1. The molecule has 90 valence electrons. The van der Waals surface area contributed by atoms with E-state index in [2.05, 4.69) is 11.2 Å². The van der Waals surface area contributed by atoms with Crippen molar-refractivity contribution in [2.24, 2.45) is 0 Å². The van der Waals surface area contributed by atoms with Gasteiger partial charge in [-0.3, -0.25) is 4.68 Å². The highest BCUT2D eigenvalue weighted by Gasteiger charge is 2.24. The zero-order valence-electron chi connectivity index (χ0n) is 9.14. The molecular weight excluding hydrogens is 257 g/mol. The highest BCUT2D eigenvalue weighted by molar-refractivity contribution is 6.30. The Kier molecular flexibility index (Phi) is 3.31. The van der Waals surface area contributed by atoms with Crippen LogP contribution in [0.15, 0.2) is 30.6 Å². The lowest BCUT2D eigenvalue weighted by Crippen LogP contribution is -2.07. The third kappa shape index (κ3) is 2.13. The van der Waals surface area contributed by atoms with Gasteiger partial charge >= 0.3 is 0 Å². The maximum absolute atomic E-state index is 5.98. The first-order valence-corrected chi connectivity index (χ1v) is 5.70. The fourth-order valence-corrected chi connectivity index (χ4v) is 2.56.